The van der Waals surface area contributed by atoms with Crippen LogP contribution in [0.25, 0.3) is 11.2 Å². The van der Waals surface area contributed by atoms with Gasteiger partial charge in [0.15, 0.2) is 17.4 Å². The molecule has 19 heavy (non-hydrogen) atoms. The Morgan fingerprint density at radius 3 is 3.00 bits per heavy atom. The van der Waals surface area contributed by atoms with Gasteiger partial charge in [-0.05, 0) is 0 Å². The smallest absolute Gasteiger partial charge is 0.245 e. The number of aliphatic hydroxyl groups is 2. The van der Waals surface area contributed by atoms with Crippen LogP contribution in [0.5, 0.6) is 5.88 Å². The lowest BCUT2D eigenvalue weighted by atomic mass is 10.2. The average molecular weight is 266 g/mol. The number of hydrogen-bond donors (Lipinski definition) is 2. The van der Waals surface area contributed by atoms with E-state index in [0.29, 0.717) is 23.5 Å². The van der Waals surface area contributed by atoms with Crippen LogP contribution in [0.15, 0.2) is 12.7 Å². The lowest BCUT2D eigenvalue weighted by molar-refractivity contribution is -0.0486. The molecule has 2 N–H and O–H groups in total. The molecule has 0 amide bonds. The van der Waals surface area contributed by atoms with Gasteiger partial charge in [0.25, 0.3) is 0 Å². The van der Waals surface area contributed by atoms with Gasteiger partial charge in [-0.2, -0.15) is 4.98 Å². The lowest BCUT2D eigenvalue weighted by Gasteiger charge is -2.16. The van der Waals surface area contributed by atoms with Crippen LogP contribution >= 0.6 is 0 Å². The molecule has 1 aliphatic heterocycles. The summed E-state index contributed by atoms with van der Waals surface area (Å²) in [5.41, 5.74) is 1.03. The summed E-state index contributed by atoms with van der Waals surface area (Å²) in [6.07, 6.45) is 1.57. The van der Waals surface area contributed by atoms with Crippen LogP contribution in [0.3, 0.4) is 0 Å². The van der Waals surface area contributed by atoms with E-state index in [9.17, 15) is 5.11 Å². The average Bonchev–Trinajstić information content (AvgIpc) is 3.01. The fraction of sp³-hybridized carbons (Fsp3) is 0.545. The second kappa shape index (κ2) is 4.72. The number of methoxy groups -OCH3 is 1. The Balaban J connectivity index is 2.02. The number of fused-ring (bicyclic) bond motifs is 1. The third-order valence-corrected chi connectivity index (χ3v) is 3.16. The molecule has 1 aliphatic rings. The summed E-state index contributed by atoms with van der Waals surface area (Å²) in [7, 11) is 1.50. The molecule has 0 saturated carbocycles. The van der Waals surface area contributed by atoms with Crippen molar-refractivity contribution in [2.24, 2.45) is 0 Å². The van der Waals surface area contributed by atoms with Gasteiger partial charge in [0, 0.05) is 6.42 Å². The molecule has 0 radical (unpaired) electrons. The zero-order valence-electron chi connectivity index (χ0n) is 10.3. The number of ether oxygens (including phenoxy) is 2. The maximum absolute atomic E-state index is 9.99. The first-order valence-electron chi connectivity index (χ1n) is 5.90. The van der Waals surface area contributed by atoms with Gasteiger partial charge in [-0.15, -0.1) is 0 Å². The van der Waals surface area contributed by atoms with Crippen LogP contribution < -0.4 is 4.74 Å². The molecule has 3 heterocycles. The van der Waals surface area contributed by atoms with Gasteiger partial charge in [-0.1, -0.05) is 0 Å². The van der Waals surface area contributed by atoms with E-state index in [2.05, 4.69) is 15.0 Å². The number of imidazole rings is 1. The van der Waals surface area contributed by atoms with Crippen molar-refractivity contribution in [2.45, 2.75) is 24.9 Å². The predicted molar refractivity (Wildman–Crippen MR) is 63.5 cm³/mol. The second-order valence-corrected chi connectivity index (χ2v) is 4.34. The van der Waals surface area contributed by atoms with E-state index in [1.807, 2.05) is 0 Å². The van der Waals surface area contributed by atoms with Crippen molar-refractivity contribution in [1.82, 2.24) is 19.5 Å². The van der Waals surface area contributed by atoms with Crippen LogP contribution in [-0.4, -0.2) is 55.7 Å². The summed E-state index contributed by atoms with van der Waals surface area (Å²) >= 11 is 0. The Bertz CT molecular complexity index is 587. The van der Waals surface area contributed by atoms with Gasteiger partial charge < -0.3 is 19.7 Å². The third kappa shape index (κ3) is 1.93. The molecular weight excluding hydrogens is 252 g/mol. The Morgan fingerprint density at radius 1 is 1.47 bits per heavy atom. The predicted octanol–water partition coefficient (Wildman–Crippen LogP) is -0.524. The maximum atomic E-state index is 9.99. The summed E-state index contributed by atoms with van der Waals surface area (Å²) in [5, 5.41) is 19.1. The molecule has 0 aromatic carbocycles. The van der Waals surface area contributed by atoms with Crippen LogP contribution in [-0.2, 0) is 4.74 Å². The minimum Gasteiger partial charge on any atom is -0.479 e. The fourth-order valence-corrected chi connectivity index (χ4v) is 2.26. The number of rotatable bonds is 3. The van der Waals surface area contributed by atoms with Crippen LogP contribution in [0.4, 0.5) is 0 Å². The van der Waals surface area contributed by atoms with Gasteiger partial charge in [0.2, 0.25) is 5.88 Å². The minimum atomic E-state index is -0.712. The molecule has 3 rings (SSSR count). The van der Waals surface area contributed by atoms with Crippen molar-refractivity contribution in [3.05, 3.63) is 12.7 Å². The van der Waals surface area contributed by atoms with Crippen LogP contribution in [0.1, 0.15) is 12.6 Å². The van der Waals surface area contributed by atoms with Crippen molar-refractivity contribution in [1.29, 1.82) is 0 Å². The molecule has 8 heteroatoms. The Morgan fingerprint density at radius 2 is 2.32 bits per heavy atom. The van der Waals surface area contributed by atoms with E-state index in [1.54, 1.807) is 4.57 Å². The monoisotopic (exact) mass is 266 g/mol. The zero-order valence-corrected chi connectivity index (χ0v) is 10.3. The quantitative estimate of drug-likeness (QED) is 0.770. The first-order valence-corrected chi connectivity index (χ1v) is 5.90. The maximum Gasteiger partial charge on any atom is 0.245 e. The molecule has 0 aliphatic carbocycles. The van der Waals surface area contributed by atoms with Gasteiger partial charge >= 0.3 is 0 Å². The highest BCUT2D eigenvalue weighted by Crippen LogP contribution is 2.31. The summed E-state index contributed by atoms with van der Waals surface area (Å²) in [6, 6.07) is 0. The first kappa shape index (κ1) is 12.3. The number of hydrogen-bond acceptors (Lipinski definition) is 7. The molecule has 1 fully saturated rings. The van der Waals surface area contributed by atoms with Gasteiger partial charge in [0.05, 0.1) is 26.1 Å². The third-order valence-electron chi connectivity index (χ3n) is 3.16. The lowest BCUT2D eigenvalue weighted by Crippen LogP contribution is -2.19. The van der Waals surface area contributed by atoms with E-state index in [-0.39, 0.29) is 12.7 Å². The largest absolute Gasteiger partial charge is 0.479 e. The normalized spacial score (nSPS) is 27.0. The van der Waals surface area contributed by atoms with Crippen molar-refractivity contribution in [3.63, 3.8) is 0 Å². The second-order valence-electron chi connectivity index (χ2n) is 4.34. The van der Waals surface area contributed by atoms with Crippen molar-refractivity contribution < 1.29 is 19.7 Å². The molecule has 2 aromatic heterocycles. The molecule has 0 unspecified atom stereocenters. The molecule has 1 saturated heterocycles. The van der Waals surface area contributed by atoms with Crippen LogP contribution in [0.2, 0.25) is 0 Å². The summed E-state index contributed by atoms with van der Waals surface area (Å²) < 4.78 is 12.3. The molecule has 2 aromatic rings. The van der Waals surface area contributed by atoms with Crippen LogP contribution in [0, 0.1) is 0 Å². The number of aliphatic hydroxyl groups excluding tert-OH is 2. The standard InChI is InChI=1S/C11H14N4O4/c1-18-10-8-9(12-4-13-10)15(5-14-8)11-7(17)2-6(3-16)19-11/h4-7,11,16-17H,2-3H2,1H3/t6-,7-,11+/m0/s1. The van der Waals surface area contributed by atoms with Crippen molar-refractivity contribution >= 4 is 11.2 Å². The first-order chi connectivity index (χ1) is 9.24. The summed E-state index contributed by atoms with van der Waals surface area (Å²) in [6.45, 7) is -0.126. The molecule has 0 spiro atoms. The molecule has 8 nitrogen and oxygen atoms in total. The van der Waals surface area contributed by atoms with E-state index in [0.717, 1.165) is 0 Å². The molecule has 0 bridgehead atoms. The summed E-state index contributed by atoms with van der Waals surface area (Å²) in [4.78, 5) is 12.3. The zero-order chi connectivity index (χ0) is 13.4. The van der Waals surface area contributed by atoms with E-state index < -0.39 is 12.3 Å². The van der Waals surface area contributed by atoms with Crippen molar-refractivity contribution in [3.8, 4) is 5.88 Å². The molecule has 102 valence electrons. The topological polar surface area (TPSA) is 103 Å². The molecular formula is C11H14N4O4. The fourth-order valence-electron chi connectivity index (χ4n) is 2.26. The van der Waals surface area contributed by atoms with Crippen molar-refractivity contribution in [2.75, 3.05) is 13.7 Å². The Labute approximate surface area is 108 Å². The number of nitrogens with zero attached hydrogens (tertiary/aromatic N) is 4. The Kier molecular flexibility index (Phi) is 3.05. The highest BCUT2D eigenvalue weighted by Gasteiger charge is 2.36. The Hall–Kier alpha value is -1.77. The number of aromatic nitrogens is 4. The summed E-state index contributed by atoms with van der Waals surface area (Å²) in [5.74, 6) is 0.370. The van der Waals surface area contributed by atoms with Gasteiger partial charge in [-0.25, -0.2) is 9.97 Å². The highest BCUT2D eigenvalue weighted by atomic mass is 16.5. The minimum absolute atomic E-state index is 0.126. The van der Waals surface area contributed by atoms with Gasteiger partial charge in [0.1, 0.15) is 12.4 Å². The van der Waals surface area contributed by atoms with E-state index >= 15 is 0 Å². The SMILES string of the molecule is COc1ncnc2c1ncn2[C@@H]1O[C@H](CO)C[C@@H]1O. The molecule has 3 atom stereocenters. The van der Waals surface area contributed by atoms with Gasteiger partial charge in [-0.3, -0.25) is 4.57 Å². The van der Waals surface area contributed by atoms with E-state index in [4.69, 9.17) is 14.6 Å². The highest BCUT2D eigenvalue weighted by molar-refractivity contribution is 5.75. The van der Waals surface area contributed by atoms with E-state index in [1.165, 1.54) is 19.8 Å².